The van der Waals surface area contributed by atoms with Gasteiger partial charge in [-0.3, -0.25) is 4.79 Å². The fourth-order valence-electron chi connectivity index (χ4n) is 3.60. The van der Waals surface area contributed by atoms with Crippen molar-refractivity contribution in [3.05, 3.63) is 95.6 Å². The molecule has 4 nitrogen and oxygen atoms in total. The molecule has 1 aliphatic rings. The fraction of sp³-hybridized carbons (Fsp3) is 0.208. The molecule has 1 heterocycles. The summed E-state index contributed by atoms with van der Waals surface area (Å²) in [4.78, 5) is 13.4. The van der Waals surface area contributed by atoms with Gasteiger partial charge in [-0.05, 0) is 24.1 Å². The van der Waals surface area contributed by atoms with E-state index >= 15 is 0 Å². The van der Waals surface area contributed by atoms with E-state index in [2.05, 4.69) is 5.32 Å². The lowest BCUT2D eigenvalue weighted by molar-refractivity contribution is -0.125. The molecule has 0 aromatic heterocycles. The van der Waals surface area contributed by atoms with E-state index in [4.69, 9.17) is 9.47 Å². The summed E-state index contributed by atoms with van der Waals surface area (Å²) in [5.74, 6) is 1.39. The highest BCUT2D eigenvalue weighted by atomic mass is 16.6. The van der Waals surface area contributed by atoms with Gasteiger partial charge < -0.3 is 14.8 Å². The van der Waals surface area contributed by atoms with Crippen LogP contribution in [-0.2, 0) is 16.8 Å². The molecule has 0 aliphatic carbocycles. The number of para-hydroxylation sites is 1. The fourth-order valence-corrected chi connectivity index (χ4v) is 3.60. The number of fused-ring (bicyclic) bond motifs is 1. The molecule has 3 aromatic rings. The van der Waals surface area contributed by atoms with Gasteiger partial charge in [0.05, 0.1) is 5.41 Å². The summed E-state index contributed by atoms with van der Waals surface area (Å²) in [6.07, 6.45) is 0. The van der Waals surface area contributed by atoms with Crippen molar-refractivity contribution in [3.63, 3.8) is 0 Å². The Morgan fingerprint density at radius 3 is 2.11 bits per heavy atom. The van der Waals surface area contributed by atoms with Gasteiger partial charge in [0.25, 0.3) is 0 Å². The minimum Gasteiger partial charge on any atom is -0.486 e. The van der Waals surface area contributed by atoms with Crippen molar-refractivity contribution in [2.24, 2.45) is 0 Å². The number of nitrogens with one attached hydrogen (secondary N) is 1. The zero-order valence-electron chi connectivity index (χ0n) is 15.9. The Morgan fingerprint density at radius 2 is 1.46 bits per heavy atom. The van der Waals surface area contributed by atoms with Crippen molar-refractivity contribution >= 4 is 5.91 Å². The van der Waals surface area contributed by atoms with E-state index in [1.807, 2.05) is 85.8 Å². The van der Waals surface area contributed by atoms with Crippen molar-refractivity contribution in [1.82, 2.24) is 5.32 Å². The van der Waals surface area contributed by atoms with Crippen LogP contribution in [0.2, 0.25) is 0 Å². The van der Waals surface area contributed by atoms with Crippen LogP contribution in [0, 0.1) is 0 Å². The number of hydrogen-bond donors (Lipinski definition) is 1. The Labute approximate surface area is 165 Å². The van der Waals surface area contributed by atoms with Gasteiger partial charge in [-0.1, -0.05) is 72.8 Å². The molecule has 0 radical (unpaired) electrons. The van der Waals surface area contributed by atoms with Crippen molar-refractivity contribution < 1.29 is 14.3 Å². The number of hydrogen-bond acceptors (Lipinski definition) is 3. The second-order valence-corrected chi connectivity index (χ2v) is 6.98. The zero-order chi connectivity index (χ0) is 19.4. The first kappa shape index (κ1) is 18.1. The van der Waals surface area contributed by atoms with Gasteiger partial charge in [0.2, 0.25) is 5.91 Å². The molecule has 1 amide bonds. The van der Waals surface area contributed by atoms with E-state index < -0.39 is 5.41 Å². The van der Waals surface area contributed by atoms with E-state index in [0.29, 0.717) is 19.8 Å². The smallest absolute Gasteiger partial charge is 0.235 e. The average molecular weight is 373 g/mol. The molecule has 3 aromatic carbocycles. The summed E-state index contributed by atoms with van der Waals surface area (Å²) >= 11 is 0. The van der Waals surface area contributed by atoms with Gasteiger partial charge in [0, 0.05) is 12.1 Å². The first-order valence-corrected chi connectivity index (χ1v) is 9.46. The predicted octanol–water partition coefficient (Wildman–Crippen LogP) is 4.08. The third-order valence-corrected chi connectivity index (χ3v) is 5.24. The Kier molecular flexibility index (Phi) is 5.02. The molecule has 142 valence electrons. The van der Waals surface area contributed by atoms with Gasteiger partial charge in [0.15, 0.2) is 11.5 Å². The first-order valence-electron chi connectivity index (χ1n) is 9.46. The van der Waals surface area contributed by atoms with Gasteiger partial charge in [-0.25, -0.2) is 0 Å². The lowest BCUT2D eigenvalue weighted by Crippen LogP contribution is -2.43. The lowest BCUT2D eigenvalue weighted by Gasteiger charge is -2.30. The average Bonchev–Trinajstić information content (AvgIpc) is 2.78. The summed E-state index contributed by atoms with van der Waals surface area (Å²) in [7, 11) is 0. The highest BCUT2D eigenvalue weighted by molar-refractivity contribution is 5.91. The molecule has 1 aliphatic heterocycles. The third-order valence-electron chi connectivity index (χ3n) is 5.24. The van der Waals surface area contributed by atoms with Crippen LogP contribution >= 0.6 is 0 Å². The standard InChI is InChI=1S/C24H23NO3/c1-24(19-10-4-2-5-11-19,20-12-6-3-7-13-20)23(26)25-17-18-9-8-14-21-22(18)28-16-15-27-21/h2-14H,15-17H2,1H3,(H,25,26). The molecule has 4 rings (SSSR count). The molecule has 0 saturated heterocycles. The summed E-state index contributed by atoms with van der Waals surface area (Å²) < 4.78 is 11.4. The monoisotopic (exact) mass is 373 g/mol. The highest BCUT2D eigenvalue weighted by Gasteiger charge is 2.37. The molecule has 0 spiro atoms. The van der Waals surface area contributed by atoms with Gasteiger partial charge in [-0.2, -0.15) is 0 Å². The molecule has 4 heteroatoms. The second kappa shape index (κ2) is 7.77. The summed E-state index contributed by atoms with van der Waals surface area (Å²) in [6, 6.07) is 25.5. The quantitative estimate of drug-likeness (QED) is 0.733. The van der Waals surface area contributed by atoms with Crippen molar-refractivity contribution in [2.45, 2.75) is 18.9 Å². The third kappa shape index (κ3) is 3.33. The highest BCUT2D eigenvalue weighted by Crippen LogP contribution is 2.35. The van der Waals surface area contributed by atoms with Crippen LogP contribution in [0.15, 0.2) is 78.9 Å². The molecular formula is C24H23NO3. The second-order valence-electron chi connectivity index (χ2n) is 6.98. The van der Waals surface area contributed by atoms with Gasteiger partial charge in [0.1, 0.15) is 13.2 Å². The molecule has 0 fully saturated rings. The van der Waals surface area contributed by atoms with E-state index in [0.717, 1.165) is 28.2 Å². The van der Waals surface area contributed by atoms with E-state index in [9.17, 15) is 4.79 Å². The molecule has 1 N–H and O–H groups in total. The summed E-state index contributed by atoms with van der Waals surface area (Å²) in [5, 5.41) is 3.11. The van der Waals surface area contributed by atoms with Crippen molar-refractivity contribution in [1.29, 1.82) is 0 Å². The summed E-state index contributed by atoms with van der Waals surface area (Å²) in [6.45, 7) is 3.40. The normalized spacial score (nSPS) is 13.0. The number of rotatable bonds is 5. The van der Waals surface area contributed by atoms with Crippen LogP contribution in [0.4, 0.5) is 0 Å². The molecular weight excluding hydrogens is 350 g/mol. The number of carbonyl (C=O) groups excluding carboxylic acids is 1. The van der Waals surface area contributed by atoms with Crippen LogP contribution in [0.3, 0.4) is 0 Å². The van der Waals surface area contributed by atoms with Gasteiger partial charge in [-0.15, -0.1) is 0 Å². The van der Waals surface area contributed by atoms with Crippen LogP contribution in [0.25, 0.3) is 0 Å². The van der Waals surface area contributed by atoms with E-state index in [1.165, 1.54) is 0 Å². The van der Waals surface area contributed by atoms with Crippen LogP contribution in [-0.4, -0.2) is 19.1 Å². The van der Waals surface area contributed by atoms with Crippen molar-refractivity contribution in [3.8, 4) is 11.5 Å². The molecule has 0 atom stereocenters. The van der Waals surface area contributed by atoms with Crippen LogP contribution < -0.4 is 14.8 Å². The number of benzene rings is 3. The Bertz CT molecular complexity index is 915. The van der Waals surface area contributed by atoms with E-state index in [-0.39, 0.29) is 5.91 Å². The number of carbonyl (C=O) groups is 1. The number of ether oxygens (including phenoxy) is 2. The number of amides is 1. The first-order chi connectivity index (χ1) is 13.7. The molecule has 0 saturated carbocycles. The van der Waals surface area contributed by atoms with Crippen LogP contribution in [0.5, 0.6) is 11.5 Å². The lowest BCUT2D eigenvalue weighted by atomic mass is 9.75. The SMILES string of the molecule is CC(C(=O)NCc1cccc2c1OCCO2)(c1ccccc1)c1ccccc1. The minimum absolute atomic E-state index is 0.0563. The maximum absolute atomic E-state index is 13.4. The zero-order valence-corrected chi connectivity index (χ0v) is 15.9. The van der Waals surface area contributed by atoms with E-state index in [1.54, 1.807) is 0 Å². The Morgan fingerprint density at radius 1 is 0.857 bits per heavy atom. The molecule has 28 heavy (non-hydrogen) atoms. The Balaban J connectivity index is 1.63. The minimum atomic E-state index is -0.797. The molecule has 0 unspecified atom stereocenters. The Hall–Kier alpha value is -3.27. The van der Waals surface area contributed by atoms with Crippen molar-refractivity contribution in [2.75, 3.05) is 13.2 Å². The van der Waals surface area contributed by atoms with Gasteiger partial charge >= 0.3 is 0 Å². The molecule has 0 bridgehead atoms. The maximum atomic E-state index is 13.4. The maximum Gasteiger partial charge on any atom is 0.235 e. The summed E-state index contributed by atoms with van der Waals surface area (Å²) in [5.41, 5.74) is 2.02. The largest absolute Gasteiger partial charge is 0.486 e. The van der Waals surface area contributed by atoms with Crippen LogP contribution in [0.1, 0.15) is 23.6 Å². The predicted molar refractivity (Wildman–Crippen MR) is 109 cm³/mol. The topological polar surface area (TPSA) is 47.6 Å².